The molecule has 1 saturated heterocycles. The fourth-order valence-electron chi connectivity index (χ4n) is 3.43. The molecule has 1 aliphatic heterocycles. The van der Waals surface area contributed by atoms with Crippen LogP contribution in [0.3, 0.4) is 0 Å². The monoisotopic (exact) mass is 548 g/mol. The maximum absolute atomic E-state index is 12.2. The number of hydrogen-bond acceptors (Lipinski definition) is 5. The average Bonchev–Trinajstić information content (AvgIpc) is 2.76. The number of ether oxygens (including phenoxy) is 2. The van der Waals surface area contributed by atoms with Gasteiger partial charge in [-0.05, 0) is 37.5 Å². The van der Waals surface area contributed by atoms with Crippen molar-refractivity contribution in [3.05, 3.63) is 23.8 Å². The summed E-state index contributed by atoms with van der Waals surface area (Å²) in [7, 11) is 3.16. The number of aliphatic hydroxyl groups excluding tert-OH is 1. The lowest BCUT2D eigenvalue weighted by Gasteiger charge is -2.34. The molecule has 0 aliphatic carbocycles. The van der Waals surface area contributed by atoms with Crippen molar-refractivity contribution in [2.75, 3.05) is 40.4 Å². The average molecular weight is 548 g/mol. The third-order valence-electron chi connectivity index (χ3n) is 5.17. The molecule has 0 radical (unpaired) electrons. The molecule has 1 unspecified atom stereocenters. The van der Waals surface area contributed by atoms with Crippen molar-refractivity contribution < 1.29 is 19.4 Å². The van der Waals surface area contributed by atoms with E-state index < -0.39 is 6.10 Å². The highest BCUT2D eigenvalue weighted by molar-refractivity contribution is 14.0. The summed E-state index contributed by atoms with van der Waals surface area (Å²) < 4.78 is 10.5. The van der Waals surface area contributed by atoms with Crippen LogP contribution in [0.25, 0.3) is 0 Å². The minimum atomic E-state index is -0.782. The predicted octanol–water partition coefficient (Wildman–Crippen LogP) is 2.56. The summed E-state index contributed by atoms with van der Waals surface area (Å²) in [5.74, 6) is 2.16. The number of carbonyl (C=O) groups is 1. The summed E-state index contributed by atoms with van der Waals surface area (Å²) in [6, 6.07) is 5.57. The fourth-order valence-corrected chi connectivity index (χ4v) is 3.43. The van der Waals surface area contributed by atoms with Crippen molar-refractivity contribution >= 4 is 35.8 Å². The van der Waals surface area contributed by atoms with Gasteiger partial charge in [0, 0.05) is 37.7 Å². The SMILES string of the molecule is CCNC(=NCC(O)c1cc(OC)cc(OC)c1)NC1CCN(C(=O)C(C)C)CC1.I. The lowest BCUT2D eigenvalue weighted by molar-refractivity contribution is -0.135. The zero-order valence-corrected chi connectivity index (χ0v) is 21.5. The van der Waals surface area contributed by atoms with Gasteiger partial charge >= 0.3 is 0 Å². The van der Waals surface area contributed by atoms with Crippen LogP contribution < -0.4 is 20.1 Å². The number of likely N-dealkylation sites (tertiary alicyclic amines) is 1. The summed E-state index contributed by atoms with van der Waals surface area (Å²) in [5, 5.41) is 17.3. The van der Waals surface area contributed by atoms with Gasteiger partial charge in [-0.25, -0.2) is 0 Å². The van der Waals surface area contributed by atoms with Crippen LogP contribution in [0.1, 0.15) is 45.3 Å². The van der Waals surface area contributed by atoms with Crippen molar-refractivity contribution in [1.29, 1.82) is 0 Å². The second-order valence-corrected chi connectivity index (χ2v) is 7.78. The first-order chi connectivity index (χ1) is 14.4. The smallest absolute Gasteiger partial charge is 0.225 e. The first-order valence-corrected chi connectivity index (χ1v) is 10.6. The van der Waals surface area contributed by atoms with Crippen LogP contribution in [0.2, 0.25) is 0 Å². The van der Waals surface area contributed by atoms with Gasteiger partial charge in [-0.1, -0.05) is 13.8 Å². The predicted molar refractivity (Wildman–Crippen MR) is 133 cm³/mol. The standard InChI is InChI=1S/C22H36N4O4.HI/c1-6-23-22(25-17-7-9-26(10-8-17)21(28)15(2)3)24-14-20(27)16-11-18(29-4)13-19(12-16)30-5;/h11-13,15,17,20,27H,6-10,14H2,1-5H3,(H2,23,24,25);1H. The lowest BCUT2D eigenvalue weighted by Crippen LogP contribution is -2.50. The molecule has 1 heterocycles. The third-order valence-corrected chi connectivity index (χ3v) is 5.17. The van der Waals surface area contributed by atoms with Gasteiger partial charge in [-0.3, -0.25) is 9.79 Å². The number of aliphatic hydroxyl groups is 1. The number of nitrogens with one attached hydrogen (secondary N) is 2. The molecule has 8 nitrogen and oxygen atoms in total. The number of guanidine groups is 1. The molecule has 1 aromatic carbocycles. The van der Waals surface area contributed by atoms with E-state index >= 15 is 0 Å². The topological polar surface area (TPSA) is 95.4 Å². The molecule has 0 bridgehead atoms. The quantitative estimate of drug-likeness (QED) is 0.263. The van der Waals surface area contributed by atoms with Gasteiger partial charge in [0.2, 0.25) is 5.91 Å². The number of rotatable bonds is 8. The molecule has 1 aromatic rings. The fraction of sp³-hybridized carbons (Fsp3) is 0.636. The Labute approximate surface area is 202 Å². The van der Waals surface area contributed by atoms with Gasteiger partial charge < -0.3 is 30.1 Å². The van der Waals surface area contributed by atoms with Crippen LogP contribution in [0.5, 0.6) is 11.5 Å². The molecule has 0 spiro atoms. The van der Waals surface area contributed by atoms with Crippen LogP contribution in [-0.2, 0) is 4.79 Å². The molecule has 3 N–H and O–H groups in total. The van der Waals surface area contributed by atoms with Crippen LogP contribution in [0.4, 0.5) is 0 Å². The minimum absolute atomic E-state index is 0. The highest BCUT2D eigenvalue weighted by Crippen LogP contribution is 2.26. The third kappa shape index (κ3) is 8.36. The molecule has 1 atom stereocenters. The second kappa shape index (κ2) is 13.6. The molecule has 31 heavy (non-hydrogen) atoms. The molecule has 0 aromatic heterocycles. The van der Waals surface area contributed by atoms with E-state index in [0.717, 1.165) is 32.5 Å². The maximum Gasteiger partial charge on any atom is 0.225 e. The van der Waals surface area contributed by atoms with Gasteiger partial charge in [-0.15, -0.1) is 24.0 Å². The highest BCUT2D eigenvalue weighted by atomic mass is 127. The summed E-state index contributed by atoms with van der Waals surface area (Å²) >= 11 is 0. The maximum atomic E-state index is 12.2. The normalized spacial score (nSPS) is 15.8. The zero-order chi connectivity index (χ0) is 22.1. The minimum Gasteiger partial charge on any atom is -0.497 e. The van der Waals surface area contributed by atoms with Gasteiger partial charge in [0.05, 0.1) is 26.9 Å². The number of halogens is 1. The van der Waals surface area contributed by atoms with Crippen molar-refractivity contribution in [2.24, 2.45) is 10.9 Å². The number of methoxy groups -OCH3 is 2. The molecule has 1 amide bonds. The Kier molecular flexibility index (Phi) is 12.0. The molecule has 176 valence electrons. The number of carbonyl (C=O) groups excluding carboxylic acids is 1. The number of hydrogen-bond donors (Lipinski definition) is 3. The van der Waals surface area contributed by atoms with E-state index in [9.17, 15) is 9.90 Å². The first kappa shape index (κ1) is 27.3. The molecular weight excluding hydrogens is 511 g/mol. The summed E-state index contributed by atoms with van der Waals surface area (Å²) in [6.45, 7) is 8.30. The molecule has 0 saturated carbocycles. The van der Waals surface area contributed by atoms with E-state index in [-0.39, 0.29) is 48.4 Å². The lowest BCUT2D eigenvalue weighted by atomic mass is 10.0. The van der Waals surface area contributed by atoms with Crippen molar-refractivity contribution in [3.8, 4) is 11.5 Å². The Bertz CT molecular complexity index is 699. The number of piperidine rings is 1. The van der Waals surface area contributed by atoms with E-state index in [2.05, 4.69) is 15.6 Å². The Balaban J connectivity index is 0.00000480. The van der Waals surface area contributed by atoms with E-state index in [0.29, 0.717) is 23.0 Å². The Morgan fingerprint density at radius 3 is 2.26 bits per heavy atom. The highest BCUT2D eigenvalue weighted by Gasteiger charge is 2.24. The summed E-state index contributed by atoms with van der Waals surface area (Å²) in [5.41, 5.74) is 0.686. The number of aliphatic imine (C=N–C) groups is 1. The molecular formula is C22H37IN4O4. The van der Waals surface area contributed by atoms with Gasteiger partial charge in [0.15, 0.2) is 5.96 Å². The Morgan fingerprint density at radius 2 is 1.77 bits per heavy atom. The van der Waals surface area contributed by atoms with Crippen LogP contribution >= 0.6 is 24.0 Å². The van der Waals surface area contributed by atoms with Crippen LogP contribution in [-0.4, -0.2) is 68.3 Å². The van der Waals surface area contributed by atoms with Crippen molar-refractivity contribution in [3.63, 3.8) is 0 Å². The zero-order valence-electron chi connectivity index (χ0n) is 19.2. The first-order valence-electron chi connectivity index (χ1n) is 10.6. The largest absolute Gasteiger partial charge is 0.497 e. The number of nitrogens with zero attached hydrogens (tertiary/aromatic N) is 2. The van der Waals surface area contributed by atoms with Crippen LogP contribution in [0.15, 0.2) is 23.2 Å². The molecule has 2 rings (SSSR count). The summed E-state index contributed by atoms with van der Waals surface area (Å²) in [4.78, 5) is 18.7. The van der Waals surface area contributed by atoms with E-state index in [1.54, 1.807) is 32.4 Å². The van der Waals surface area contributed by atoms with Gasteiger partial charge in [0.25, 0.3) is 0 Å². The van der Waals surface area contributed by atoms with Gasteiger partial charge in [-0.2, -0.15) is 0 Å². The van der Waals surface area contributed by atoms with Crippen molar-refractivity contribution in [1.82, 2.24) is 15.5 Å². The Morgan fingerprint density at radius 1 is 1.19 bits per heavy atom. The number of amides is 1. The van der Waals surface area contributed by atoms with Crippen LogP contribution in [0, 0.1) is 5.92 Å². The Hall–Kier alpha value is -1.75. The van der Waals surface area contributed by atoms with Crippen molar-refractivity contribution in [2.45, 2.75) is 45.8 Å². The molecule has 1 fully saturated rings. The van der Waals surface area contributed by atoms with E-state index in [1.807, 2.05) is 25.7 Å². The molecule has 9 heteroatoms. The molecule has 1 aliphatic rings. The van der Waals surface area contributed by atoms with Gasteiger partial charge in [0.1, 0.15) is 11.5 Å². The second-order valence-electron chi connectivity index (χ2n) is 7.78. The summed E-state index contributed by atoms with van der Waals surface area (Å²) in [6.07, 6.45) is 0.965. The van der Waals surface area contributed by atoms with E-state index in [4.69, 9.17) is 9.47 Å². The van der Waals surface area contributed by atoms with E-state index in [1.165, 1.54) is 0 Å². The number of benzene rings is 1.